The number of likely N-dealkylation sites (tertiary alicyclic amines) is 1. The Hall–Kier alpha value is -3.26. The largest absolute Gasteiger partial charge is 0.439 e. The summed E-state index contributed by atoms with van der Waals surface area (Å²) in [5.74, 6) is 2.26. The number of pyridine rings is 1. The van der Waals surface area contributed by atoms with E-state index >= 15 is 0 Å². The molecule has 150 valence electrons. The molecule has 1 fully saturated rings. The van der Waals surface area contributed by atoms with Gasteiger partial charge in [0, 0.05) is 6.07 Å². The molecule has 1 aliphatic heterocycles. The van der Waals surface area contributed by atoms with Crippen LogP contribution in [0.1, 0.15) is 31.0 Å². The number of aryl methyl sites for hydroxylation is 1. The van der Waals surface area contributed by atoms with E-state index in [-0.39, 0.29) is 11.9 Å². The van der Waals surface area contributed by atoms with Crippen molar-refractivity contribution in [3.8, 4) is 11.6 Å². The summed E-state index contributed by atoms with van der Waals surface area (Å²) in [5, 5.41) is 6.78. The lowest BCUT2D eigenvalue weighted by atomic mass is 10.0. The zero-order valence-corrected chi connectivity index (χ0v) is 16.2. The molecule has 1 aliphatic rings. The fraction of sp³-hybridized carbons (Fsp3) is 0.333. The molecule has 1 unspecified atom stereocenters. The molecule has 3 heterocycles. The highest BCUT2D eigenvalue weighted by Gasteiger charge is 2.30. The number of benzene rings is 1. The van der Waals surface area contributed by atoms with Crippen LogP contribution in [0.4, 0.5) is 5.69 Å². The highest BCUT2D eigenvalue weighted by molar-refractivity contribution is 5.94. The lowest BCUT2D eigenvalue weighted by molar-refractivity contribution is -0.122. The first-order chi connectivity index (χ1) is 14.2. The number of hydrogen-bond acceptors (Lipinski definition) is 7. The molecule has 29 heavy (non-hydrogen) atoms. The zero-order chi connectivity index (χ0) is 20.1. The van der Waals surface area contributed by atoms with Crippen LogP contribution in [0.25, 0.3) is 0 Å². The van der Waals surface area contributed by atoms with Crippen molar-refractivity contribution < 1.29 is 14.1 Å². The first kappa shape index (κ1) is 19.1. The van der Waals surface area contributed by atoms with Crippen molar-refractivity contribution in [2.45, 2.75) is 38.8 Å². The van der Waals surface area contributed by atoms with Crippen LogP contribution < -0.4 is 10.1 Å². The molecule has 8 nitrogen and oxygen atoms in total. The number of anilines is 1. The van der Waals surface area contributed by atoms with Crippen molar-refractivity contribution in [1.82, 2.24) is 20.0 Å². The Morgan fingerprint density at radius 3 is 2.83 bits per heavy atom. The maximum atomic E-state index is 12.9. The third-order valence-electron chi connectivity index (χ3n) is 4.79. The summed E-state index contributed by atoms with van der Waals surface area (Å²) in [6.45, 7) is 3.08. The van der Waals surface area contributed by atoms with Crippen molar-refractivity contribution in [2.75, 3.05) is 11.9 Å². The van der Waals surface area contributed by atoms with Gasteiger partial charge in [0.1, 0.15) is 5.75 Å². The molecule has 0 aliphatic carbocycles. The minimum atomic E-state index is -0.240. The van der Waals surface area contributed by atoms with E-state index in [2.05, 4.69) is 25.3 Å². The van der Waals surface area contributed by atoms with Gasteiger partial charge in [-0.2, -0.15) is 4.98 Å². The summed E-state index contributed by atoms with van der Waals surface area (Å²) in [6, 6.07) is 12.7. The van der Waals surface area contributed by atoms with Crippen LogP contribution in [0.2, 0.25) is 0 Å². The van der Waals surface area contributed by atoms with Crippen LogP contribution in [-0.4, -0.2) is 38.5 Å². The quantitative estimate of drug-likeness (QED) is 0.684. The molecule has 4 rings (SSSR count). The smallest absolute Gasteiger partial charge is 0.241 e. The van der Waals surface area contributed by atoms with Gasteiger partial charge in [-0.1, -0.05) is 29.8 Å². The van der Waals surface area contributed by atoms with Gasteiger partial charge in [-0.15, -0.1) is 0 Å². The van der Waals surface area contributed by atoms with Crippen molar-refractivity contribution >= 4 is 11.6 Å². The zero-order valence-electron chi connectivity index (χ0n) is 16.2. The highest BCUT2D eigenvalue weighted by Crippen LogP contribution is 2.23. The molecule has 0 bridgehead atoms. The highest BCUT2D eigenvalue weighted by atomic mass is 16.5. The second-order valence-electron chi connectivity index (χ2n) is 7.01. The van der Waals surface area contributed by atoms with Crippen molar-refractivity contribution in [3.63, 3.8) is 0 Å². The van der Waals surface area contributed by atoms with Crippen molar-refractivity contribution in [3.05, 3.63) is 60.4 Å². The summed E-state index contributed by atoms with van der Waals surface area (Å²) >= 11 is 0. The Morgan fingerprint density at radius 1 is 1.24 bits per heavy atom. The number of nitrogens with one attached hydrogen (secondary N) is 1. The van der Waals surface area contributed by atoms with Gasteiger partial charge in [-0.25, -0.2) is 4.98 Å². The number of carbonyl (C=O) groups is 1. The number of piperidine rings is 1. The maximum Gasteiger partial charge on any atom is 0.241 e. The average Bonchev–Trinajstić information content (AvgIpc) is 3.15. The average molecular weight is 393 g/mol. The van der Waals surface area contributed by atoms with E-state index < -0.39 is 0 Å². The summed E-state index contributed by atoms with van der Waals surface area (Å²) in [5.41, 5.74) is 0.634. The van der Waals surface area contributed by atoms with Crippen LogP contribution in [0.15, 0.2) is 53.2 Å². The van der Waals surface area contributed by atoms with E-state index in [4.69, 9.17) is 9.26 Å². The first-order valence-corrected chi connectivity index (χ1v) is 9.70. The van der Waals surface area contributed by atoms with Gasteiger partial charge in [-0.3, -0.25) is 9.69 Å². The number of para-hydroxylation sites is 1. The molecule has 0 spiro atoms. The standard InChI is InChI=1S/C21H23N5O3/c1-15-23-20(29-25-15)14-26-12-6-5-9-18(26)21(27)24-16-10-11-19(22-13-16)28-17-7-3-2-4-8-17/h2-4,7-8,10-11,13,18H,5-6,9,12,14H2,1H3,(H,24,27). The van der Waals surface area contributed by atoms with E-state index in [0.717, 1.165) is 25.8 Å². The van der Waals surface area contributed by atoms with Gasteiger partial charge in [0.05, 0.1) is 24.5 Å². The molecule has 0 radical (unpaired) electrons. The van der Waals surface area contributed by atoms with E-state index in [1.165, 1.54) is 0 Å². The number of aromatic nitrogens is 3. The molecule has 2 aromatic heterocycles. The van der Waals surface area contributed by atoms with Crippen LogP contribution >= 0.6 is 0 Å². The summed E-state index contributed by atoms with van der Waals surface area (Å²) < 4.78 is 10.9. The van der Waals surface area contributed by atoms with Gasteiger partial charge in [0.15, 0.2) is 5.82 Å². The summed E-state index contributed by atoms with van der Waals surface area (Å²) in [4.78, 5) is 23.5. The maximum absolute atomic E-state index is 12.9. The molecule has 1 atom stereocenters. The number of rotatable bonds is 6. The Morgan fingerprint density at radius 2 is 2.10 bits per heavy atom. The molecule has 1 aromatic carbocycles. The van der Waals surface area contributed by atoms with Gasteiger partial charge in [0.25, 0.3) is 0 Å². The predicted molar refractivity (Wildman–Crippen MR) is 106 cm³/mol. The Kier molecular flexibility index (Phi) is 5.81. The monoisotopic (exact) mass is 393 g/mol. The van der Waals surface area contributed by atoms with Crippen LogP contribution in [0, 0.1) is 6.92 Å². The van der Waals surface area contributed by atoms with E-state index in [9.17, 15) is 4.79 Å². The van der Waals surface area contributed by atoms with E-state index in [1.807, 2.05) is 30.3 Å². The van der Waals surface area contributed by atoms with E-state index in [1.54, 1.807) is 25.3 Å². The lowest BCUT2D eigenvalue weighted by Gasteiger charge is -2.33. The molecule has 1 N–H and O–H groups in total. The van der Waals surface area contributed by atoms with Gasteiger partial charge >= 0.3 is 0 Å². The SMILES string of the molecule is Cc1noc(CN2CCCCC2C(=O)Nc2ccc(Oc3ccccc3)nc2)n1. The molecular weight excluding hydrogens is 370 g/mol. The second-order valence-corrected chi connectivity index (χ2v) is 7.01. The van der Waals surface area contributed by atoms with Gasteiger partial charge in [-0.05, 0) is 44.5 Å². The third kappa shape index (κ3) is 4.97. The van der Waals surface area contributed by atoms with Gasteiger partial charge in [0.2, 0.25) is 17.7 Å². The normalized spacial score (nSPS) is 17.1. The molecular formula is C21H23N5O3. The second kappa shape index (κ2) is 8.83. The minimum Gasteiger partial charge on any atom is -0.439 e. The summed E-state index contributed by atoms with van der Waals surface area (Å²) in [6.07, 6.45) is 4.45. The Balaban J connectivity index is 1.38. The number of nitrogens with zero attached hydrogens (tertiary/aromatic N) is 4. The van der Waals surface area contributed by atoms with Crippen LogP contribution in [-0.2, 0) is 11.3 Å². The number of carbonyl (C=O) groups excluding carboxylic acids is 1. The molecule has 3 aromatic rings. The predicted octanol–water partition coefficient (Wildman–Crippen LogP) is 3.56. The fourth-order valence-electron chi connectivity index (χ4n) is 3.40. The van der Waals surface area contributed by atoms with Crippen molar-refractivity contribution in [2.24, 2.45) is 0 Å². The van der Waals surface area contributed by atoms with Crippen LogP contribution in [0.3, 0.4) is 0 Å². The van der Waals surface area contributed by atoms with Gasteiger partial charge < -0.3 is 14.6 Å². The topological polar surface area (TPSA) is 93.4 Å². The van der Waals surface area contributed by atoms with Crippen molar-refractivity contribution in [1.29, 1.82) is 0 Å². The molecule has 0 saturated carbocycles. The summed E-state index contributed by atoms with van der Waals surface area (Å²) in [7, 11) is 0. The number of hydrogen-bond donors (Lipinski definition) is 1. The molecule has 8 heteroatoms. The first-order valence-electron chi connectivity index (χ1n) is 9.70. The molecule has 1 amide bonds. The Bertz CT molecular complexity index is 942. The third-order valence-corrected chi connectivity index (χ3v) is 4.79. The van der Waals surface area contributed by atoms with E-state index in [0.29, 0.717) is 35.6 Å². The van der Waals surface area contributed by atoms with Crippen LogP contribution in [0.5, 0.6) is 11.6 Å². The Labute approximate surface area is 168 Å². The number of ether oxygens (including phenoxy) is 1. The fourth-order valence-corrected chi connectivity index (χ4v) is 3.40. The minimum absolute atomic E-state index is 0.0561. The molecule has 1 saturated heterocycles. The lowest BCUT2D eigenvalue weighted by Crippen LogP contribution is -2.46. The number of amides is 1.